The summed E-state index contributed by atoms with van der Waals surface area (Å²) >= 11 is 5.33. The SMILES string of the molecule is CCOc1ccc(Cc2n[nH]c(=S)n2C2CC2)cc1OCC. The molecule has 1 N–H and O–H groups in total. The minimum atomic E-state index is 0.523. The van der Waals surface area contributed by atoms with E-state index in [2.05, 4.69) is 20.8 Å². The Morgan fingerprint density at radius 3 is 2.64 bits per heavy atom. The van der Waals surface area contributed by atoms with Gasteiger partial charge < -0.3 is 14.0 Å². The van der Waals surface area contributed by atoms with Crippen LogP contribution in [-0.4, -0.2) is 28.0 Å². The number of rotatable bonds is 7. The monoisotopic (exact) mass is 319 g/mol. The molecule has 3 rings (SSSR count). The first-order valence-electron chi connectivity index (χ1n) is 7.77. The maximum absolute atomic E-state index is 5.68. The van der Waals surface area contributed by atoms with E-state index >= 15 is 0 Å². The number of nitrogens with zero attached hydrogens (tertiary/aromatic N) is 2. The van der Waals surface area contributed by atoms with Gasteiger partial charge in [0.05, 0.1) is 13.2 Å². The lowest BCUT2D eigenvalue weighted by molar-refractivity contribution is 0.287. The maximum atomic E-state index is 5.68. The third kappa shape index (κ3) is 3.16. The van der Waals surface area contributed by atoms with Gasteiger partial charge in [0.2, 0.25) is 0 Å². The lowest BCUT2D eigenvalue weighted by Crippen LogP contribution is -2.04. The minimum Gasteiger partial charge on any atom is -0.490 e. The number of ether oxygens (including phenoxy) is 2. The molecule has 1 saturated carbocycles. The van der Waals surface area contributed by atoms with Crippen LogP contribution in [0.5, 0.6) is 11.5 Å². The van der Waals surface area contributed by atoms with Gasteiger partial charge in [-0.15, -0.1) is 0 Å². The van der Waals surface area contributed by atoms with Gasteiger partial charge in [-0.1, -0.05) is 6.07 Å². The largest absolute Gasteiger partial charge is 0.490 e. The molecule has 1 aromatic carbocycles. The van der Waals surface area contributed by atoms with E-state index in [0.717, 1.165) is 29.3 Å². The van der Waals surface area contributed by atoms with Crippen LogP contribution in [0.1, 0.15) is 44.1 Å². The molecule has 1 aromatic heterocycles. The van der Waals surface area contributed by atoms with Crippen molar-refractivity contribution in [3.63, 3.8) is 0 Å². The Labute approximate surface area is 135 Å². The predicted molar refractivity (Wildman–Crippen MR) is 87.3 cm³/mol. The van der Waals surface area contributed by atoms with Crippen LogP contribution in [-0.2, 0) is 6.42 Å². The topological polar surface area (TPSA) is 52.1 Å². The molecule has 0 aliphatic heterocycles. The molecule has 0 bridgehead atoms. The maximum Gasteiger partial charge on any atom is 0.195 e. The van der Waals surface area contributed by atoms with Crippen molar-refractivity contribution in [2.45, 2.75) is 39.2 Å². The number of aromatic amines is 1. The number of nitrogens with one attached hydrogen (secondary N) is 1. The van der Waals surface area contributed by atoms with Gasteiger partial charge in [0, 0.05) is 12.5 Å². The molecule has 2 aromatic rings. The summed E-state index contributed by atoms with van der Waals surface area (Å²) in [6.45, 7) is 5.18. The summed E-state index contributed by atoms with van der Waals surface area (Å²) in [6.07, 6.45) is 3.11. The molecular weight excluding hydrogens is 298 g/mol. The molecule has 1 fully saturated rings. The van der Waals surface area contributed by atoms with Crippen LogP contribution in [0.3, 0.4) is 0 Å². The summed E-state index contributed by atoms with van der Waals surface area (Å²) in [4.78, 5) is 0. The van der Waals surface area contributed by atoms with Gasteiger partial charge in [-0.25, -0.2) is 0 Å². The van der Waals surface area contributed by atoms with E-state index in [1.54, 1.807) is 0 Å². The third-order valence-corrected chi connectivity index (χ3v) is 3.95. The second-order valence-electron chi connectivity index (χ2n) is 5.37. The van der Waals surface area contributed by atoms with Gasteiger partial charge in [-0.3, -0.25) is 5.10 Å². The van der Waals surface area contributed by atoms with E-state index in [-0.39, 0.29) is 0 Å². The van der Waals surface area contributed by atoms with Crippen molar-refractivity contribution in [1.29, 1.82) is 0 Å². The standard InChI is InChI=1S/C16H21N3O2S/c1-3-20-13-8-5-11(9-14(13)21-4-2)10-15-17-18-16(22)19(15)12-6-7-12/h5,8-9,12H,3-4,6-7,10H2,1-2H3,(H,18,22). The molecule has 0 atom stereocenters. The average molecular weight is 319 g/mol. The molecule has 0 radical (unpaired) electrons. The van der Waals surface area contributed by atoms with Crippen molar-refractivity contribution in [1.82, 2.24) is 14.8 Å². The van der Waals surface area contributed by atoms with Crippen LogP contribution in [0.25, 0.3) is 0 Å². The first-order chi connectivity index (χ1) is 10.7. The highest BCUT2D eigenvalue weighted by Crippen LogP contribution is 2.36. The Balaban J connectivity index is 1.86. The number of H-pyrrole nitrogens is 1. The zero-order valence-electron chi connectivity index (χ0n) is 13.0. The summed E-state index contributed by atoms with van der Waals surface area (Å²) in [6, 6.07) is 6.58. The van der Waals surface area contributed by atoms with Crippen LogP contribution >= 0.6 is 12.2 Å². The normalized spacial score (nSPS) is 14.1. The van der Waals surface area contributed by atoms with E-state index < -0.39 is 0 Å². The molecule has 1 aliphatic rings. The molecule has 118 valence electrons. The van der Waals surface area contributed by atoms with Crippen LogP contribution in [0.4, 0.5) is 0 Å². The number of benzene rings is 1. The number of hydrogen-bond donors (Lipinski definition) is 1. The fourth-order valence-corrected chi connectivity index (χ4v) is 2.86. The summed E-state index contributed by atoms with van der Waals surface area (Å²) in [5.41, 5.74) is 1.14. The lowest BCUT2D eigenvalue weighted by atomic mass is 10.1. The summed E-state index contributed by atoms with van der Waals surface area (Å²) in [7, 11) is 0. The molecule has 1 aliphatic carbocycles. The molecule has 1 heterocycles. The first kappa shape index (κ1) is 15.1. The molecule has 0 amide bonds. The minimum absolute atomic E-state index is 0.523. The highest BCUT2D eigenvalue weighted by atomic mass is 32.1. The second kappa shape index (κ2) is 6.52. The molecule has 5 nitrogen and oxygen atoms in total. The third-order valence-electron chi connectivity index (χ3n) is 3.66. The molecule has 22 heavy (non-hydrogen) atoms. The molecule has 0 unspecified atom stereocenters. The van der Waals surface area contributed by atoms with Gasteiger partial charge >= 0.3 is 0 Å². The molecule has 0 spiro atoms. The van der Waals surface area contributed by atoms with E-state index in [0.29, 0.717) is 24.0 Å². The van der Waals surface area contributed by atoms with E-state index in [9.17, 15) is 0 Å². The molecular formula is C16H21N3O2S. The zero-order valence-corrected chi connectivity index (χ0v) is 13.8. The fraction of sp³-hybridized carbons (Fsp3) is 0.500. The fourth-order valence-electron chi connectivity index (χ4n) is 2.56. The Morgan fingerprint density at radius 1 is 1.23 bits per heavy atom. The Bertz CT molecular complexity index is 704. The lowest BCUT2D eigenvalue weighted by Gasteiger charge is -2.12. The number of aromatic nitrogens is 3. The Kier molecular flexibility index (Phi) is 4.47. The van der Waals surface area contributed by atoms with Gasteiger partial charge in [-0.2, -0.15) is 5.10 Å². The van der Waals surface area contributed by atoms with Crippen LogP contribution in [0, 0.1) is 4.77 Å². The summed E-state index contributed by atoms with van der Waals surface area (Å²) in [5, 5.41) is 7.29. The Morgan fingerprint density at radius 2 is 1.95 bits per heavy atom. The van der Waals surface area contributed by atoms with E-state index in [4.69, 9.17) is 21.7 Å². The van der Waals surface area contributed by atoms with Crippen LogP contribution < -0.4 is 9.47 Å². The van der Waals surface area contributed by atoms with Gasteiger partial charge in [0.25, 0.3) is 0 Å². The van der Waals surface area contributed by atoms with Crippen molar-refractivity contribution < 1.29 is 9.47 Å². The van der Waals surface area contributed by atoms with Crippen LogP contribution in [0.2, 0.25) is 0 Å². The number of hydrogen-bond acceptors (Lipinski definition) is 4. The Hall–Kier alpha value is -1.82. The summed E-state index contributed by atoms with van der Waals surface area (Å²) < 4.78 is 14.1. The van der Waals surface area contributed by atoms with Crippen LogP contribution in [0.15, 0.2) is 18.2 Å². The van der Waals surface area contributed by atoms with Gasteiger partial charge in [0.1, 0.15) is 5.82 Å². The van der Waals surface area contributed by atoms with Crippen molar-refractivity contribution in [3.05, 3.63) is 34.4 Å². The van der Waals surface area contributed by atoms with Crippen molar-refractivity contribution >= 4 is 12.2 Å². The van der Waals surface area contributed by atoms with Gasteiger partial charge in [-0.05, 0) is 56.6 Å². The highest BCUT2D eigenvalue weighted by Gasteiger charge is 2.27. The summed E-state index contributed by atoms with van der Waals surface area (Å²) in [5.74, 6) is 2.56. The quantitative estimate of drug-likeness (QED) is 0.791. The van der Waals surface area contributed by atoms with Crippen molar-refractivity contribution in [2.24, 2.45) is 0 Å². The smallest absolute Gasteiger partial charge is 0.195 e. The predicted octanol–water partition coefficient (Wildman–Crippen LogP) is 3.66. The molecule has 6 heteroatoms. The van der Waals surface area contributed by atoms with E-state index in [1.807, 2.05) is 26.0 Å². The van der Waals surface area contributed by atoms with Gasteiger partial charge in [0.15, 0.2) is 16.3 Å². The van der Waals surface area contributed by atoms with Crippen molar-refractivity contribution in [3.8, 4) is 11.5 Å². The second-order valence-corrected chi connectivity index (χ2v) is 5.76. The highest BCUT2D eigenvalue weighted by molar-refractivity contribution is 7.71. The molecule has 0 saturated heterocycles. The van der Waals surface area contributed by atoms with E-state index in [1.165, 1.54) is 12.8 Å². The zero-order chi connectivity index (χ0) is 15.5. The van der Waals surface area contributed by atoms with Crippen molar-refractivity contribution in [2.75, 3.05) is 13.2 Å². The average Bonchev–Trinajstić information content (AvgIpc) is 3.27. The first-order valence-corrected chi connectivity index (χ1v) is 8.18.